The number of nitrogens with two attached hydrogens (primary N) is 1. The van der Waals surface area contributed by atoms with Crippen molar-refractivity contribution in [1.82, 2.24) is 10.3 Å². The summed E-state index contributed by atoms with van der Waals surface area (Å²) in [5, 5.41) is 3.45. The summed E-state index contributed by atoms with van der Waals surface area (Å²) in [5.74, 6) is 1.32. The summed E-state index contributed by atoms with van der Waals surface area (Å²) in [5.41, 5.74) is 11.5. The quantitative estimate of drug-likeness (QED) is 0.466. The Morgan fingerprint density at radius 2 is 1.94 bits per heavy atom. The fourth-order valence-corrected chi connectivity index (χ4v) is 4.35. The number of aromatic nitrogens is 1. The van der Waals surface area contributed by atoms with Gasteiger partial charge in [-0.2, -0.15) is 0 Å². The van der Waals surface area contributed by atoms with Crippen molar-refractivity contribution in [2.24, 2.45) is 10.7 Å². The lowest BCUT2D eigenvalue weighted by atomic mass is 9.79. The number of nitrogens with zero attached hydrogens (tertiary/aromatic N) is 2. The maximum atomic E-state index is 12.1. The van der Waals surface area contributed by atoms with Gasteiger partial charge in [0.2, 0.25) is 0 Å². The first-order valence-electron chi connectivity index (χ1n) is 11.7. The van der Waals surface area contributed by atoms with Gasteiger partial charge in [0, 0.05) is 36.8 Å². The van der Waals surface area contributed by atoms with Crippen LogP contribution in [-0.4, -0.2) is 29.7 Å². The van der Waals surface area contributed by atoms with E-state index in [2.05, 4.69) is 29.4 Å². The van der Waals surface area contributed by atoms with E-state index in [4.69, 9.17) is 15.5 Å². The van der Waals surface area contributed by atoms with Crippen LogP contribution in [0.2, 0.25) is 0 Å². The van der Waals surface area contributed by atoms with Crippen LogP contribution in [0.25, 0.3) is 10.9 Å². The molecule has 4 rings (SSSR count). The maximum Gasteiger partial charge on any atom is 0.251 e. The summed E-state index contributed by atoms with van der Waals surface area (Å²) in [4.78, 5) is 21.3. The predicted molar refractivity (Wildman–Crippen MR) is 138 cm³/mol. The number of aryl methyl sites for hydroxylation is 2. The van der Waals surface area contributed by atoms with Gasteiger partial charge < -0.3 is 15.8 Å². The summed E-state index contributed by atoms with van der Waals surface area (Å²) in [6, 6.07) is 11.5. The Morgan fingerprint density at radius 3 is 2.56 bits per heavy atom. The van der Waals surface area contributed by atoms with Gasteiger partial charge in [0.15, 0.2) is 0 Å². The molecule has 34 heavy (non-hydrogen) atoms. The van der Waals surface area contributed by atoms with Crippen LogP contribution in [-0.2, 0) is 6.42 Å². The predicted octanol–water partition coefficient (Wildman–Crippen LogP) is 5.40. The Labute approximate surface area is 200 Å². The number of nitrogens with one attached hydrogen (secondary N) is 1. The molecule has 0 saturated heterocycles. The summed E-state index contributed by atoms with van der Waals surface area (Å²) >= 11 is 0. The molecule has 1 saturated carbocycles. The van der Waals surface area contributed by atoms with E-state index in [-0.39, 0.29) is 11.4 Å². The molecule has 3 N–H and O–H groups in total. The molecular weight excluding hydrogens is 424 g/mol. The molecule has 0 unspecified atom stereocenters. The number of carbonyl (C=O) groups excluding carboxylic acids is 1. The molecule has 0 bridgehead atoms. The highest BCUT2D eigenvalue weighted by Gasteiger charge is 2.30. The van der Waals surface area contributed by atoms with Crippen LogP contribution in [0.3, 0.4) is 0 Å². The molecule has 0 aliphatic heterocycles. The first-order valence-corrected chi connectivity index (χ1v) is 11.7. The van der Waals surface area contributed by atoms with E-state index >= 15 is 0 Å². The van der Waals surface area contributed by atoms with Gasteiger partial charge in [-0.25, -0.2) is 0 Å². The number of aliphatic imine (C=N–C) groups is 1. The number of hydrogen-bond donors (Lipinski definition) is 2. The lowest BCUT2D eigenvalue weighted by Crippen LogP contribution is -2.30. The van der Waals surface area contributed by atoms with Gasteiger partial charge >= 0.3 is 0 Å². The van der Waals surface area contributed by atoms with Crippen LogP contribution in [0.15, 0.2) is 59.4 Å². The Bertz CT molecular complexity index is 1270. The van der Waals surface area contributed by atoms with E-state index < -0.39 is 0 Å². The third kappa shape index (κ3) is 4.96. The molecule has 6 nitrogen and oxygen atoms in total. The minimum Gasteiger partial charge on any atom is -0.456 e. The largest absolute Gasteiger partial charge is 0.456 e. The van der Waals surface area contributed by atoms with Crippen LogP contribution >= 0.6 is 0 Å². The minimum atomic E-state index is -0.146. The van der Waals surface area contributed by atoms with Crippen molar-refractivity contribution in [1.29, 1.82) is 0 Å². The van der Waals surface area contributed by atoms with Crippen molar-refractivity contribution in [3.05, 3.63) is 76.6 Å². The average Bonchev–Trinajstić information content (AvgIpc) is 2.82. The van der Waals surface area contributed by atoms with Gasteiger partial charge in [-0.15, -0.1) is 0 Å². The van der Waals surface area contributed by atoms with Crippen LogP contribution in [0, 0.1) is 13.8 Å². The third-order valence-corrected chi connectivity index (χ3v) is 6.52. The molecule has 0 spiro atoms. The molecule has 1 amide bonds. The summed E-state index contributed by atoms with van der Waals surface area (Å²) in [6.07, 6.45) is 9.53. The van der Waals surface area contributed by atoms with E-state index in [0.29, 0.717) is 17.7 Å². The molecule has 1 heterocycles. The number of amides is 1. The first kappa shape index (κ1) is 23.5. The number of hydrogen-bond acceptors (Lipinski definition) is 5. The van der Waals surface area contributed by atoms with E-state index in [1.807, 2.05) is 38.3 Å². The molecule has 0 radical (unpaired) electrons. The lowest BCUT2D eigenvalue weighted by Gasteiger charge is -2.34. The Kier molecular flexibility index (Phi) is 6.68. The molecule has 1 aliphatic rings. The van der Waals surface area contributed by atoms with Gasteiger partial charge in [0.1, 0.15) is 11.5 Å². The standard InChI is InChI=1S/C28H32N4O2/c1-18-12-20(14-21(16-29)17-32-28(3)9-5-10-28)13-19(2)26(18)34-25-8-11-31-24-7-6-22(15-23(24)25)27(33)30-4/h6-8,11-13,15-17H,5,9-10,14,29H2,1-4H3,(H,30,33)/b21-16-,32-17?. The monoisotopic (exact) mass is 456 g/mol. The van der Waals surface area contributed by atoms with E-state index in [1.165, 1.54) is 6.42 Å². The van der Waals surface area contributed by atoms with E-state index in [0.717, 1.165) is 51.8 Å². The fourth-order valence-electron chi connectivity index (χ4n) is 4.35. The molecular formula is C28H32N4O2. The van der Waals surface area contributed by atoms with Crippen LogP contribution in [0.1, 0.15) is 53.2 Å². The van der Waals surface area contributed by atoms with E-state index in [9.17, 15) is 4.79 Å². The van der Waals surface area contributed by atoms with Crippen molar-refractivity contribution in [3.8, 4) is 11.5 Å². The first-order chi connectivity index (χ1) is 16.3. The maximum absolute atomic E-state index is 12.1. The number of rotatable bonds is 7. The van der Waals surface area contributed by atoms with Crippen LogP contribution in [0.4, 0.5) is 0 Å². The smallest absolute Gasteiger partial charge is 0.251 e. The number of pyridine rings is 1. The topological polar surface area (TPSA) is 89.6 Å². The number of ether oxygens (including phenoxy) is 1. The lowest BCUT2D eigenvalue weighted by molar-refractivity contribution is 0.0963. The number of carbonyl (C=O) groups is 1. The molecule has 3 aromatic rings. The highest BCUT2D eigenvalue weighted by molar-refractivity contribution is 5.99. The molecule has 176 valence electrons. The Morgan fingerprint density at radius 1 is 1.21 bits per heavy atom. The number of benzene rings is 2. The molecule has 1 aliphatic carbocycles. The normalized spacial score (nSPS) is 15.4. The summed E-state index contributed by atoms with van der Waals surface area (Å²) < 4.78 is 6.38. The minimum absolute atomic E-state index is 0.0722. The Hall–Kier alpha value is -3.67. The van der Waals surface area contributed by atoms with Crippen LogP contribution in [0.5, 0.6) is 11.5 Å². The zero-order chi connectivity index (χ0) is 24.3. The second-order valence-electron chi connectivity index (χ2n) is 9.31. The van der Waals surface area contributed by atoms with Crippen molar-refractivity contribution in [3.63, 3.8) is 0 Å². The SMILES string of the molecule is CNC(=O)c1ccc2nccc(Oc3c(C)cc(C/C(C=NC4(C)CCC4)=C/N)cc3C)c2c1. The van der Waals surface area contributed by atoms with Gasteiger partial charge in [0.05, 0.1) is 11.1 Å². The molecule has 2 aromatic carbocycles. The van der Waals surface area contributed by atoms with Gasteiger partial charge in [0.25, 0.3) is 5.91 Å². The molecule has 0 atom stereocenters. The number of fused-ring (bicyclic) bond motifs is 1. The zero-order valence-corrected chi connectivity index (χ0v) is 20.3. The number of allylic oxidation sites excluding steroid dienone is 1. The average molecular weight is 457 g/mol. The summed E-state index contributed by atoms with van der Waals surface area (Å²) in [6.45, 7) is 6.28. The molecule has 1 fully saturated rings. The van der Waals surface area contributed by atoms with Crippen LogP contribution < -0.4 is 15.8 Å². The van der Waals surface area contributed by atoms with Crippen molar-refractivity contribution < 1.29 is 9.53 Å². The van der Waals surface area contributed by atoms with Gasteiger partial charge in [-0.1, -0.05) is 12.1 Å². The van der Waals surface area contributed by atoms with Crippen molar-refractivity contribution >= 4 is 23.0 Å². The molecule has 6 heteroatoms. The zero-order valence-electron chi connectivity index (χ0n) is 20.3. The highest BCUT2D eigenvalue weighted by atomic mass is 16.5. The van der Waals surface area contributed by atoms with E-state index in [1.54, 1.807) is 25.5 Å². The highest BCUT2D eigenvalue weighted by Crippen LogP contribution is 2.36. The molecule has 1 aromatic heterocycles. The third-order valence-electron chi connectivity index (χ3n) is 6.52. The fraction of sp³-hybridized carbons (Fsp3) is 0.321. The van der Waals surface area contributed by atoms with Crippen molar-refractivity contribution in [2.75, 3.05) is 7.05 Å². The van der Waals surface area contributed by atoms with Crippen molar-refractivity contribution in [2.45, 2.75) is 52.0 Å². The Balaban J connectivity index is 1.59. The second-order valence-corrected chi connectivity index (χ2v) is 9.31. The van der Waals surface area contributed by atoms with Gasteiger partial charge in [-0.05, 0) is 92.8 Å². The summed E-state index contributed by atoms with van der Waals surface area (Å²) in [7, 11) is 1.62. The van der Waals surface area contributed by atoms with Gasteiger partial charge in [-0.3, -0.25) is 14.8 Å². The second kappa shape index (κ2) is 9.67.